The molecular formula is C25H30F3N5O4. The molecule has 0 aliphatic carbocycles. The zero-order valence-corrected chi connectivity index (χ0v) is 20.3. The number of amides is 1. The first-order valence-electron chi connectivity index (χ1n) is 11.7. The summed E-state index contributed by atoms with van der Waals surface area (Å²) in [6, 6.07) is 4.15. The quantitative estimate of drug-likeness (QED) is 0.392. The molecule has 1 saturated heterocycles. The van der Waals surface area contributed by atoms with Crippen LogP contribution >= 0.6 is 0 Å². The summed E-state index contributed by atoms with van der Waals surface area (Å²) in [7, 11) is 1.65. The molecule has 0 saturated carbocycles. The van der Waals surface area contributed by atoms with Gasteiger partial charge in [-0.3, -0.25) is 9.48 Å². The number of hydrogen-bond donors (Lipinski definition) is 4. The Hall–Kier alpha value is -3.32. The van der Waals surface area contributed by atoms with Crippen molar-refractivity contribution in [3.8, 4) is 11.3 Å². The van der Waals surface area contributed by atoms with E-state index in [9.17, 15) is 28.2 Å². The molecule has 1 atom stereocenters. The molecule has 2 aromatic heterocycles. The maximum absolute atomic E-state index is 14.6. The van der Waals surface area contributed by atoms with Gasteiger partial charge in [-0.1, -0.05) is 0 Å². The van der Waals surface area contributed by atoms with E-state index in [2.05, 4.69) is 15.4 Å². The largest absolute Gasteiger partial charge is 0.396 e. The van der Waals surface area contributed by atoms with Crippen molar-refractivity contribution >= 4 is 11.6 Å². The topological polar surface area (TPSA) is 136 Å². The van der Waals surface area contributed by atoms with E-state index >= 15 is 0 Å². The lowest BCUT2D eigenvalue weighted by Crippen LogP contribution is -2.19. The molecule has 9 nitrogen and oxygen atoms in total. The van der Waals surface area contributed by atoms with Gasteiger partial charge < -0.3 is 26.0 Å². The second kappa shape index (κ2) is 13.3. The number of nitrogens with zero attached hydrogens (tertiary/aromatic N) is 3. The molecule has 37 heavy (non-hydrogen) atoms. The van der Waals surface area contributed by atoms with E-state index in [4.69, 9.17) is 10.5 Å². The van der Waals surface area contributed by atoms with Gasteiger partial charge in [0, 0.05) is 38.4 Å². The number of rotatable bonds is 6. The number of carbonyl (C=O) groups excluding carboxylic acids is 1. The molecule has 1 amide bonds. The van der Waals surface area contributed by atoms with Gasteiger partial charge in [0.2, 0.25) is 0 Å². The van der Waals surface area contributed by atoms with Crippen LogP contribution in [0.2, 0.25) is 0 Å². The summed E-state index contributed by atoms with van der Waals surface area (Å²) in [5.41, 5.74) is 4.36. The Morgan fingerprint density at radius 1 is 1.16 bits per heavy atom. The Morgan fingerprint density at radius 3 is 2.49 bits per heavy atom. The van der Waals surface area contributed by atoms with E-state index < -0.39 is 53.7 Å². The summed E-state index contributed by atoms with van der Waals surface area (Å²) in [5, 5.41) is 24.8. The normalized spacial score (nSPS) is 15.6. The van der Waals surface area contributed by atoms with Gasteiger partial charge in [0.15, 0.2) is 0 Å². The Bertz CT molecular complexity index is 1170. The number of halogens is 3. The van der Waals surface area contributed by atoms with Gasteiger partial charge in [0.1, 0.15) is 28.8 Å². The van der Waals surface area contributed by atoms with Gasteiger partial charge in [0.05, 0.1) is 30.7 Å². The fraction of sp³-hybridized carbons (Fsp3) is 0.400. The van der Waals surface area contributed by atoms with Gasteiger partial charge in [-0.05, 0) is 49.1 Å². The first-order chi connectivity index (χ1) is 17.7. The number of carbonyl (C=O) groups is 1. The second-order valence-corrected chi connectivity index (χ2v) is 8.61. The molecule has 4 rings (SSSR count). The number of pyridine rings is 1. The third-order valence-electron chi connectivity index (χ3n) is 5.75. The van der Waals surface area contributed by atoms with Crippen LogP contribution < -0.4 is 11.1 Å². The van der Waals surface area contributed by atoms with Crippen LogP contribution in [0.25, 0.3) is 11.3 Å². The Balaban J connectivity index is 0.000000405. The molecule has 1 fully saturated rings. The minimum atomic E-state index is -1.14. The third-order valence-corrected chi connectivity index (χ3v) is 5.75. The van der Waals surface area contributed by atoms with Crippen molar-refractivity contribution in [2.75, 3.05) is 31.7 Å². The monoisotopic (exact) mass is 521 g/mol. The number of ether oxygens (including phenoxy) is 1. The van der Waals surface area contributed by atoms with Crippen molar-refractivity contribution in [3.63, 3.8) is 0 Å². The lowest BCUT2D eigenvalue weighted by atomic mass is 9.97. The lowest BCUT2D eigenvalue weighted by Gasteiger charge is -2.14. The van der Waals surface area contributed by atoms with Gasteiger partial charge in [-0.2, -0.15) is 5.10 Å². The van der Waals surface area contributed by atoms with E-state index in [1.165, 1.54) is 17.1 Å². The summed E-state index contributed by atoms with van der Waals surface area (Å²) in [5.74, 6) is -4.89. The highest BCUT2D eigenvalue weighted by molar-refractivity contribution is 6.03. The van der Waals surface area contributed by atoms with Crippen LogP contribution in [0.4, 0.5) is 18.9 Å². The number of nitrogens with two attached hydrogens (primary N) is 1. The van der Waals surface area contributed by atoms with Crippen molar-refractivity contribution in [1.29, 1.82) is 0 Å². The van der Waals surface area contributed by atoms with Crippen molar-refractivity contribution in [3.05, 3.63) is 65.4 Å². The predicted molar refractivity (Wildman–Crippen MR) is 130 cm³/mol. The molecule has 200 valence electrons. The average molecular weight is 522 g/mol. The highest BCUT2D eigenvalue weighted by Gasteiger charge is 2.22. The van der Waals surface area contributed by atoms with E-state index in [0.717, 1.165) is 56.7 Å². The maximum Gasteiger partial charge on any atom is 0.274 e. The molecular weight excluding hydrogens is 491 g/mol. The SMILES string of the molecule is Cn1cc(NC(=O)c2ccc(F)c(-c3c(F)cc(C(CO)CO)cc3F)n2)cn1.NC1CCCOCC1. The zero-order chi connectivity index (χ0) is 26.9. The fourth-order valence-corrected chi connectivity index (χ4v) is 3.68. The molecule has 12 heteroatoms. The van der Waals surface area contributed by atoms with E-state index in [1.807, 2.05) is 0 Å². The van der Waals surface area contributed by atoms with Crippen LogP contribution in [-0.2, 0) is 11.8 Å². The zero-order valence-electron chi connectivity index (χ0n) is 20.3. The van der Waals surface area contributed by atoms with Gasteiger partial charge in [0.25, 0.3) is 5.91 Å². The molecule has 5 N–H and O–H groups in total. The Morgan fingerprint density at radius 2 is 1.86 bits per heavy atom. The summed E-state index contributed by atoms with van der Waals surface area (Å²) in [4.78, 5) is 16.1. The maximum atomic E-state index is 14.6. The number of aliphatic hydroxyl groups is 2. The summed E-state index contributed by atoms with van der Waals surface area (Å²) >= 11 is 0. The predicted octanol–water partition coefficient (Wildman–Crippen LogP) is 2.73. The van der Waals surface area contributed by atoms with Crippen LogP contribution in [0.5, 0.6) is 0 Å². The minimum Gasteiger partial charge on any atom is -0.396 e. The highest BCUT2D eigenvalue weighted by Crippen LogP contribution is 2.30. The molecule has 0 spiro atoms. The van der Waals surface area contributed by atoms with Crippen molar-refractivity contribution in [1.82, 2.24) is 14.8 Å². The van der Waals surface area contributed by atoms with Crippen molar-refractivity contribution < 1.29 is 32.9 Å². The first-order valence-corrected chi connectivity index (χ1v) is 11.7. The van der Waals surface area contributed by atoms with Crippen LogP contribution in [0.15, 0.2) is 36.7 Å². The number of anilines is 1. The van der Waals surface area contributed by atoms with E-state index in [0.29, 0.717) is 11.7 Å². The molecule has 1 unspecified atom stereocenters. The van der Waals surface area contributed by atoms with Gasteiger partial charge in [-0.15, -0.1) is 0 Å². The highest BCUT2D eigenvalue weighted by atomic mass is 19.1. The summed E-state index contributed by atoms with van der Waals surface area (Å²) < 4.78 is 50.1. The van der Waals surface area contributed by atoms with Gasteiger partial charge in [-0.25, -0.2) is 18.2 Å². The number of aliphatic hydroxyl groups excluding tert-OH is 2. The average Bonchev–Trinajstić information content (AvgIpc) is 3.11. The van der Waals surface area contributed by atoms with E-state index in [-0.39, 0.29) is 11.3 Å². The molecule has 0 radical (unpaired) electrons. The smallest absolute Gasteiger partial charge is 0.274 e. The summed E-state index contributed by atoms with van der Waals surface area (Å²) in [6.07, 6.45) is 6.24. The number of benzene rings is 1. The summed E-state index contributed by atoms with van der Waals surface area (Å²) in [6.45, 7) is 0.728. The molecule has 0 bridgehead atoms. The van der Waals surface area contributed by atoms with E-state index in [1.54, 1.807) is 7.05 Å². The van der Waals surface area contributed by atoms with Gasteiger partial charge >= 0.3 is 0 Å². The first kappa shape index (κ1) is 28.3. The lowest BCUT2D eigenvalue weighted by molar-refractivity contribution is 0.102. The number of hydrogen-bond acceptors (Lipinski definition) is 7. The number of aromatic nitrogens is 3. The standard InChI is InChI=1S/C19H17F3N4O3.C6H13NO/c1-26-7-12(6-23-26)24-19(29)16-3-2-13(20)18(25-16)17-14(21)4-10(5-15(17)22)11(8-27)9-28;7-6-2-1-4-8-5-3-6/h2-7,11,27-28H,8-9H2,1H3,(H,24,29);6H,1-5,7H2. The number of aryl methyl sites for hydroxylation is 1. The molecule has 1 aromatic carbocycles. The second-order valence-electron chi connectivity index (χ2n) is 8.61. The third kappa shape index (κ3) is 7.59. The van der Waals surface area contributed by atoms with Crippen LogP contribution in [-0.4, -0.2) is 63.4 Å². The van der Waals surface area contributed by atoms with Crippen LogP contribution in [0.1, 0.15) is 41.2 Å². The van der Waals surface area contributed by atoms with Crippen LogP contribution in [0.3, 0.4) is 0 Å². The Kier molecular flexibility index (Phi) is 10.1. The molecule has 3 heterocycles. The molecule has 3 aromatic rings. The van der Waals surface area contributed by atoms with Crippen molar-refractivity contribution in [2.45, 2.75) is 31.2 Å². The van der Waals surface area contributed by atoms with Crippen LogP contribution in [0, 0.1) is 17.5 Å². The molecule has 1 aliphatic rings. The van der Waals surface area contributed by atoms with Crippen molar-refractivity contribution in [2.24, 2.45) is 12.8 Å². The fourth-order valence-electron chi connectivity index (χ4n) is 3.68. The minimum absolute atomic E-state index is 0.0135. The Labute approximate surface area is 212 Å². The number of nitrogens with one attached hydrogen (secondary N) is 1. The molecule has 1 aliphatic heterocycles.